The highest BCUT2D eigenvalue weighted by atomic mass is 127. The van der Waals surface area contributed by atoms with Crippen LogP contribution in [0.25, 0.3) is 0 Å². The summed E-state index contributed by atoms with van der Waals surface area (Å²) in [7, 11) is 2.17. The lowest BCUT2D eigenvalue weighted by molar-refractivity contribution is -0.403. The molecule has 0 saturated carbocycles. The Morgan fingerprint density at radius 2 is 1.75 bits per heavy atom. The largest absolute Gasteiger partial charge is 0.211 e. The van der Waals surface area contributed by atoms with Gasteiger partial charge in [-0.15, -0.1) is 0 Å². The van der Waals surface area contributed by atoms with Crippen LogP contribution in [0.4, 0.5) is 5.69 Å². The first kappa shape index (κ1) is 12.8. The summed E-state index contributed by atoms with van der Waals surface area (Å²) in [5, 5.41) is 0. The Labute approximate surface area is 125 Å². The molecule has 0 saturated heterocycles. The maximum Gasteiger partial charge on any atom is 0.211 e. The summed E-state index contributed by atoms with van der Waals surface area (Å²) in [6.07, 6.45) is 0. The SMILES string of the molecule is CC1=[N+](C)c2cc(I)c(C)c(I)c2C1(C)C. The van der Waals surface area contributed by atoms with E-state index in [1.54, 1.807) is 0 Å². The van der Waals surface area contributed by atoms with E-state index >= 15 is 0 Å². The van der Waals surface area contributed by atoms with E-state index in [1.807, 2.05) is 0 Å². The molecule has 0 N–H and O–H groups in total. The van der Waals surface area contributed by atoms with Gasteiger partial charge in [0.05, 0.1) is 11.0 Å². The second-order valence-electron chi connectivity index (χ2n) is 4.96. The first-order valence-corrected chi connectivity index (χ1v) is 7.51. The normalized spacial score (nSPS) is 17.9. The second kappa shape index (κ2) is 3.93. The minimum atomic E-state index is 0.162. The van der Waals surface area contributed by atoms with Crippen LogP contribution in [0.5, 0.6) is 0 Å². The molecule has 1 heterocycles. The molecule has 1 aliphatic heterocycles. The molecule has 0 unspecified atom stereocenters. The quantitative estimate of drug-likeness (QED) is 0.420. The highest BCUT2D eigenvalue weighted by Crippen LogP contribution is 2.43. The van der Waals surface area contributed by atoms with Crippen molar-refractivity contribution in [2.24, 2.45) is 0 Å². The Morgan fingerprint density at radius 3 is 2.31 bits per heavy atom. The molecule has 1 aliphatic rings. The van der Waals surface area contributed by atoms with Crippen LogP contribution >= 0.6 is 45.2 Å². The lowest BCUT2D eigenvalue weighted by atomic mass is 9.82. The molecule has 16 heavy (non-hydrogen) atoms. The highest BCUT2D eigenvalue weighted by molar-refractivity contribution is 14.1. The van der Waals surface area contributed by atoms with Crippen molar-refractivity contribution in [1.82, 2.24) is 0 Å². The molecule has 0 atom stereocenters. The summed E-state index contributed by atoms with van der Waals surface area (Å²) in [4.78, 5) is 0. The van der Waals surface area contributed by atoms with Gasteiger partial charge in [-0.05, 0) is 71.5 Å². The monoisotopic (exact) mass is 440 g/mol. The molecule has 0 radical (unpaired) electrons. The predicted molar refractivity (Wildman–Crippen MR) is 86.2 cm³/mol. The van der Waals surface area contributed by atoms with Crippen molar-refractivity contribution >= 4 is 56.6 Å². The number of hydrogen-bond donors (Lipinski definition) is 0. The van der Waals surface area contributed by atoms with E-state index < -0.39 is 0 Å². The van der Waals surface area contributed by atoms with E-state index in [9.17, 15) is 0 Å². The molecule has 86 valence electrons. The van der Waals surface area contributed by atoms with E-state index in [0.717, 1.165) is 0 Å². The number of hydrogen-bond acceptors (Lipinski definition) is 0. The maximum atomic E-state index is 2.50. The van der Waals surface area contributed by atoms with Crippen LogP contribution in [0, 0.1) is 14.1 Å². The van der Waals surface area contributed by atoms with E-state index in [0.29, 0.717) is 0 Å². The smallest absolute Gasteiger partial charge is 0.202 e. The Kier molecular flexibility index (Phi) is 3.15. The fraction of sp³-hybridized carbons (Fsp3) is 0.462. The van der Waals surface area contributed by atoms with Crippen LogP contribution in [0.3, 0.4) is 0 Å². The molecule has 1 nitrogen and oxygen atoms in total. The fourth-order valence-electron chi connectivity index (χ4n) is 2.35. The molecule has 0 fully saturated rings. The molecular formula is C13H16I2N+. The maximum absolute atomic E-state index is 2.50. The summed E-state index contributed by atoms with van der Waals surface area (Å²) < 4.78 is 5.12. The topological polar surface area (TPSA) is 3.01 Å². The standard InChI is InChI=1S/C13H16I2N/c1-7-9(14)6-10-11(12(7)15)13(3,4)8(2)16(10)5/h6H,1-5H3/q+1. The Bertz CT molecular complexity index is 513. The van der Waals surface area contributed by atoms with Crippen molar-refractivity contribution in [2.45, 2.75) is 33.1 Å². The van der Waals surface area contributed by atoms with Crippen molar-refractivity contribution in [3.8, 4) is 0 Å². The fourth-order valence-corrected chi connectivity index (χ4v) is 4.67. The van der Waals surface area contributed by atoms with Crippen LogP contribution in [0.2, 0.25) is 0 Å². The first-order chi connectivity index (χ1) is 7.28. The van der Waals surface area contributed by atoms with Crippen LogP contribution < -0.4 is 0 Å². The van der Waals surface area contributed by atoms with Crippen LogP contribution in [-0.2, 0) is 5.41 Å². The summed E-state index contributed by atoms with van der Waals surface area (Å²) in [6.45, 7) is 9.09. The van der Waals surface area contributed by atoms with Crippen molar-refractivity contribution in [2.75, 3.05) is 7.05 Å². The van der Waals surface area contributed by atoms with Gasteiger partial charge in [-0.1, -0.05) is 0 Å². The van der Waals surface area contributed by atoms with E-state index in [2.05, 4.69) is 90.6 Å². The minimum Gasteiger partial charge on any atom is -0.202 e. The van der Waals surface area contributed by atoms with Crippen molar-refractivity contribution in [1.29, 1.82) is 0 Å². The van der Waals surface area contributed by atoms with Crippen LogP contribution in [-0.4, -0.2) is 17.3 Å². The molecule has 0 amide bonds. The minimum absolute atomic E-state index is 0.162. The molecule has 0 bridgehead atoms. The average molecular weight is 440 g/mol. The highest BCUT2D eigenvalue weighted by Gasteiger charge is 2.43. The molecule has 1 aromatic rings. The zero-order chi connectivity index (χ0) is 12.2. The molecule has 3 heteroatoms. The average Bonchev–Trinajstić information content (AvgIpc) is 2.37. The summed E-state index contributed by atoms with van der Waals surface area (Å²) in [5.41, 5.74) is 5.88. The van der Waals surface area contributed by atoms with Gasteiger partial charge in [-0.2, -0.15) is 0 Å². The van der Waals surface area contributed by atoms with Gasteiger partial charge < -0.3 is 0 Å². The number of nitrogens with zero attached hydrogens (tertiary/aromatic N) is 1. The number of fused-ring (bicyclic) bond motifs is 1. The van der Waals surface area contributed by atoms with Gasteiger partial charge in [-0.25, -0.2) is 4.58 Å². The van der Waals surface area contributed by atoms with Gasteiger partial charge in [0.15, 0.2) is 5.71 Å². The van der Waals surface area contributed by atoms with Gasteiger partial charge in [0.2, 0.25) is 5.69 Å². The number of rotatable bonds is 0. The molecule has 0 aliphatic carbocycles. The van der Waals surface area contributed by atoms with Crippen LogP contribution in [0.1, 0.15) is 31.9 Å². The Morgan fingerprint density at radius 1 is 1.19 bits per heavy atom. The van der Waals surface area contributed by atoms with Gasteiger partial charge in [-0.3, -0.25) is 0 Å². The van der Waals surface area contributed by atoms with Crippen molar-refractivity contribution in [3.05, 3.63) is 24.3 Å². The molecule has 0 aromatic heterocycles. The van der Waals surface area contributed by atoms with Gasteiger partial charge in [0.25, 0.3) is 0 Å². The molecular weight excluding hydrogens is 424 g/mol. The van der Waals surface area contributed by atoms with Gasteiger partial charge in [0, 0.05) is 20.1 Å². The van der Waals surface area contributed by atoms with Crippen molar-refractivity contribution < 1.29 is 4.58 Å². The Hall–Kier alpha value is 0.350. The molecule has 2 rings (SSSR count). The van der Waals surface area contributed by atoms with Crippen LogP contribution in [0.15, 0.2) is 6.07 Å². The summed E-state index contributed by atoms with van der Waals surface area (Å²) in [5.74, 6) is 0. The zero-order valence-corrected chi connectivity index (χ0v) is 14.6. The number of halogens is 2. The van der Waals surface area contributed by atoms with Crippen molar-refractivity contribution in [3.63, 3.8) is 0 Å². The van der Waals surface area contributed by atoms with E-state index in [4.69, 9.17) is 0 Å². The summed E-state index contributed by atoms with van der Waals surface area (Å²) >= 11 is 4.93. The predicted octanol–water partition coefficient (Wildman–Crippen LogP) is 4.23. The first-order valence-electron chi connectivity index (χ1n) is 5.35. The lowest BCUT2D eigenvalue weighted by Gasteiger charge is -2.18. The number of benzene rings is 1. The lowest BCUT2D eigenvalue weighted by Crippen LogP contribution is -2.26. The third-order valence-corrected chi connectivity index (χ3v) is 6.29. The Balaban J connectivity index is 2.86. The third kappa shape index (κ3) is 1.57. The summed E-state index contributed by atoms with van der Waals surface area (Å²) in [6, 6.07) is 2.31. The molecule has 1 aromatic carbocycles. The van der Waals surface area contributed by atoms with E-state index in [1.165, 1.54) is 29.7 Å². The molecule has 0 spiro atoms. The zero-order valence-electron chi connectivity index (χ0n) is 10.3. The van der Waals surface area contributed by atoms with Gasteiger partial charge in [0.1, 0.15) is 7.05 Å². The second-order valence-corrected chi connectivity index (χ2v) is 7.20. The van der Waals surface area contributed by atoms with Gasteiger partial charge >= 0.3 is 0 Å². The van der Waals surface area contributed by atoms with E-state index in [-0.39, 0.29) is 5.41 Å². The third-order valence-electron chi connectivity index (χ3n) is 3.82.